The lowest BCUT2D eigenvalue weighted by molar-refractivity contribution is 1.39. The van der Waals surface area contributed by atoms with E-state index in [1.165, 1.54) is 0 Å². The number of hydrogen-bond acceptors (Lipinski definition) is 6. The fourth-order valence-electron chi connectivity index (χ4n) is 2.82. The largest absolute Gasteiger partial charge is 0.397 e. The Balaban J connectivity index is 0.00000121. The van der Waals surface area contributed by atoms with Crippen LogP contribution in [0.15, 0.2) is 48.5 Å². The van der Waals surface area contributed by atoms with Crippen LogP contribution in [0.5, 0.6) is 0 Å². The lowest BCUT2D eigenvalue weighted by atomic mass is 9.99. The molecular formula is C18H18Cl2N6. The van der Waals surface area contributed by atoms with E-state index >= 15 is 0 Å². The second-order valence-corrected chi connectivity index (χ2v) is 5.68. The predicted octanol–water partition coefficient (Wildman–Crippen LogP) is 3.62. The first-order valence-electron chi connectivity index (χ1n) is 7.44. The molecule has 0 amide bonds. The number of hydrogen-bond donors (Lipinski definition) is 4. The molecule has 1 heterocycles. The quantitative estimate of drug-likeness (QED) is 0.291. The second kappa shape index (κ2) is 7.11. The Morgan fingerprint density at radius 2 is 1.27 bits per heavy atom. The number of halogens is 2. The van der Waals surface area contributed by atoms with Crippen molar-refractivity contribution in [1.29, 1.82) is 0 Å². The van der Waals surface area contributed by atoms with Gasteiger partial charge in [0.2, 0.25) is 0 Å². The van der Waals surface area contributed by atoms with Gasteiger partial charge in [-0.25, -0.2) is 9.97 Å². The van der Waals surface area contributed by atoms with Crippen LogP contribution in [-0.4, -0.2) is 9.97 Å². The number of nitrogens with zero attached hydrogens (tertiary/aromatic N) is 2. The Morgan fingerprint density at radius 3 is 1.92 bits per heavy atom. The van der Waals surface area contributed by atoms with Gasteiger partial charge < -0.3 is 22.9 Å². The zero-order valence-corrected chi connectivity index (χ0v) is 15.3. The van der Waals surface area contributed by atoms with Crippen LogP contribution >= 0.6 is 24.8 Å². The highest BCUT2D eigenvalue weighted by Crippen LogP contribution is 2.38. The fraction of sp³-hybridized carbons (Fsp3) is 0. The molecule has 0 aliphatic heterocycles. The number of para-hydroxylation sites is 2. The molecule has 8 heteroatoms. The molecule has 134 valence electrons. The summed E-state index contributed by atoms with van der Waals surface area (Å²) in [6.45, 7) is 0. The minimum atomic E-state index is 0. The van der Waals surface area contributed by atoms with Crippen molar-refractivity contribution in [2.45, 2.75) is 0 Å². The van der Waals surface area contributed by atoms with Crippen molar-refractivity contribution in [2.75, 3.05) is 22.9 Å². The van der Waals surface area contributed by atoms with Crippen LogP contribution in [0.2, 0.25) is 0 Å². The number of nitrogen functional groups attached to an aromatic ring is 4. The van der Waals surface area contributed by atoms with Gasteiger partial charge in [-0.3, -0.25) is 0 Å². The van der Waals surface area contributed by atoms with Gasteiger partial charge in [0.15, 0.2) is 0 Å². The van der Waals surface area contributed by atoms with E-state index in [0.29, 0.717) is 33.8 Å². The van der Waals surface area contributed by atoms with Crippen LogP contribution in [0.4, 0.5) is 22.7 Å². The van der Waals surface area contributed by atoms with Crippen LogP contribution in [-0.2, 0) is 0 Å². The molecule has 0 aliphatic rings. The van der Waals surface area contributed by atoms with Crippen LogP contribution in [0.25, 0.3) is 33.2 Å². The SMILES string of the molecule is Cl.Cl.Nc1ccc(-c2c(N)c(N)cc3nc4ccccc4nc23)cc1N. The lowest BCUT2D eigenvalue weighted by Crippen LogP contribution is -2.02. The van der Waals surface area contributed by atoms with E-state index in [4.69, 9.17) is 27.9 Å². The third-order valence-electron chi connectivity index (χ3n) is 4.08. The highest BCUT2D eigenvalue weighted by molar-refractivity contribution is 6.05. The van der Waals surface area contributed by atoms with E-state index in [2.05, 4.69) is 4.98 Å². The van der Waals surface area contributed by atoms with E-state index in [9.17, 15) is 0 Å². The first-order valence-corrected chi connectivity index (χ1v) is 7.44. The lowest BCUT2D eigenvalue weighted by Gasteiger charge is -2.13. The third-order valence-corrected chi connectivity index (χ3v) is 4.08. The van der Waals surface area contributed by atoms with Gasteiger partial charge in [0.05, 0.1) is 44.8 Å². The summed E-state index contributed by atoms with van der Waals surface area (Å²) in [4.78, 5) is 9.39. The van der Waals surface area contributed by atoms with Gasteiger partial charge in [0, 0.05) is 5.56 Å². The highest BCUT2D eigenvalue weighted by Gasteiger charge is 2.15. The molecule has 6 nitrogen and oxygen atoms in total. The Hall–Kier alpha value is -2.96. The van der Waals surface area contributed by atoms with Crippen molar-refractivity contribution < 1.29 is 0 Å². The van der Waals surface area contributed by atoms with E-state index in [0.717, 1.165) is 22.2 Å². The van der Waals surface area contributed by atoms with Crippen molar-refractivity contribution in [1.82, 2.24) is 9.97 Å². The topological polar surface area (TPSA) is 130 Å². The summed E-state index contributed by atoms with van der Waals surface area (Å²) in [5.74, 6) is 0. The normalized spacial score (nSPS) is 10.3. The summed E-state index contributed by atoms with van der Waals surface area (Å²) in [6, 6.07) is 14.8. The first-order chi connectivity index (χ1) is 11.5. The summed E-state index contributed by atoms with van der Waals surface area (Å²) < 4.78 is 0. The summed E-state index contributed by atoms with van der Waals surface area (Å²) in [5.41, 5.74) is 30.5. The van der Waals surface area contributed by atoms with E-state index in [-0.39, 0.29) is 24.8 Å². The molecular weight excluding hydrogens is 371 g/mol. The number of fused-ring (bicyclic) bond motifs is 2. The van der Waals surface area contributed by atoms with Crippen molar-refractivity contribution in [3.05, 3.63) is 48.5 Å². The van der Waals surface area contributed by atoms with Gasteiger partial charge >= 0.3 is 0 Å². The van der Waals surface area contributed by atoms with Gasteiger partial charge in [0.25, 0.3) is 0 Å². The van der Waals surface area contributed by atoms with Crippen LogP contribution < -0.4 is 22.9 Å². The predicted molar refractivity (Wildman–Crippen MR) is 115 cm³/mol. The molecule has 0 radical (unpaired) electrons. The smallest absolute Gasteiger partial charge is 0.0995 e. The average molecular weight is 389 g/mol. The summed E-state index contributed by atoms with van der Waals surface area (Å²) >= 11 is 0. The summed E-state index contributed by atoms with van der Waals surface area (Å²) in [5, 5.41) is 0. The van der Waals surface area contributed by atoms with Crippen LogP contribution in [0.3, 0.4) is 0 Å². The molecule has 1 aromatic heterocycles. The summed E-state index contributed by atoms with van der Waals surface area (Å²) in [7, 11) is 0. The van der Waals surface area contributed by atoms with Crippen LogP contribution in [0.1, 0.15) is 0 Å². The van der Waals surface area contributed by atoms with Crippen LogP contribution in [0, 0.1) is 0 Å². The zero-order chi connectivity index (χ0) is 16.8. The number of aromatic nitrogens is 2. The fourth-order valence-corrected chi connectivity index (χ4v) is 2.82. The van der Waals surface area contributed by atoms with Crippen molar-refractivity contribution in [3.8, 4) is 11.1 Å². The monoisotopic (exact) mass is 388 g/mol. The minimum absolute atomic E-state index is 0. The van der Waals surface area contributed by atoms with Gasteiger partial charge in [-0.05, 0) is 35.9 Å². The standard InChI is InChI=1S/C18H16N6.2ClH/c19-10-6-5-9(7-11(10)20)16-17(22)12(21)8-15-18(16)24-14-4-2-1-3-13(14)23-15;;/h1-8H,19-22H2;2*1H. The average Bonchev–Trinajstić information content (AvgIpc) is 2.57. The van der Waals surface area contributed by atoms with Gasteiger partial charge in [-0.2, -0.15) is 0 Å². The number of anilines is 4. The van der Waals surface area contributed by atoms with E-state index < -0.39 is 0 Å². The molecule has 0 fully saturated rings. The Labute approximate surface area is 162 Å². The highest BCUT2D eigenvalue weighted by atomic mass is 35.5. The Bertz CT molecular complexity index is 1110. The molecule has 0 saturated heterocycles. The van der Waals surface area contributed by atoms with Crippen molar-refractivity contribution in [2.24, 2.45) is 0 Å². The maximum Gasteiger partial charge on any atom is 0.0995 e. The maximum atomic E-state index is 6.25. The molecule has 0 spiro atoms. The molecule has 3 aromatic carbocycles. The van der Waals surface area contributed by atoms with Gasteiger partial charge in [0.1, 0.15) is 0 Å². The molecule has 26 heavy (non-hydrogen) atoms. The van der Waals surface area contributed by atoms with Gasteiger partial charge in [-0.1, -0.05) is 18.2 Å². The molecule has 4 aromatic rings. The number of nitrogens with two attached hydrogens (primary N) is 4. The van der Waals surface area contributed by atoms with Crippen molar-refractivity contribution in [3.63, 3.8) is 0 Å². The Kier molecular flexibility index (Phi) is 5.30. The molecule has 0 unspecified atom stereocenters. The number of rotatable bonds is 1. The third kappa shape index (κ3) is 3.00. The second-order valence-electron chi connectivity index (χ2n) is 5.68. The van der Waals surface area contributed by atoms with Gasteiger partial charge in [-0.15, -0.1) is 24.8 Å². The number of benzene rings is 3. The molecule has 0 saturated carbocycles. The van der Waals surface area contributed by atoms with Crippen molar-refractivity contribution >= 4 is 69.6 Å². The van der Waals surface area contributed by atoms with E-state index in [1.54, 1.807) is 18.2 Å². The zero-order valence-electron chi connectivity index (χ0n) is 13.6. The molecule has 4 rings (SSSR count). The first kappa shape index (κ1) is 19.4. The maximum absolute atomic E-state index is 6.25. The summed E-state index contributed by atoms with van der Waals surface area (Å²) in [6.07, 6.45) is 0. The molecule has 0 atom stereocenters. The minimum Gasteiger partial charge on any atom is -0.397 e. The van der Waals surface area contributed by atoms with E-state index in [1.807, 2.05) is 30.3 Å². The Morgan fingerprint density at radius 1 is 0.615 bits per heavy atom. The molecule has 0 aliphatic carbocycles. The molecule has 8 N–H and O–H groups in total. The molecule has 0 bridgehead atoms.